The largest absolute Gasteiger partial charge is 0.433 e. The summed E-state index contributed by atoms with van der Waals surface area (Å²) in [6, 6.07) is 13.9. The number of nitrogens with zero attached hydrogens (tertiary/aromatic N) is 2. The molecule has 11 heteroatoms. The van der Waals surface area contributed by atoms with E-state index in [2.05, 4.69) is 4.98 Å². The van der Waals surface area contributed by atoms with E-state index in [1.807, 2.05) is 0 Å². The smallest absolute Gasteiger partial charge is 0.372 e. The minimum Gasteiger partial charge on any atom is -0.372 e. The van der Waals surface area contributed by atoms with Gasteiger partial charge in [-0.2, -0.15) is 13.2 Å². The predicted octanol–water partition coefficient (Wildman–Crippen LogP) is 6.09. The van der Waals surface area contributed by atoms with Gasteiger partial charge in [-0.3, -0.25) is 9.29 Å². The number of halogens is 5. The molecule has 0 aliphatic carbocycles. The Bertz CT molecular complexity index is 1200. The molecule has 0 saturated carbocycles. The second kappa shape index (κ2) is 10.3. The third kappa shape index (κ3) is 6.83. The maximum atomic E-state index is 12.6. The average molecular weight is 519 g/mol. The third-order valence-corrected chi connectivity index (χ3v) is 6.62. The number of hydrogen-bond donors (Lipinski definition) is 0. The Morgan fingerprint density at radius 2 is 1.61 bits per heavy atom. The van der Waals surface area contributed by atoms with E-state index in [-0.39, 0.29) is 24.8 Å². The summed E-state index contributed by atoms with van der Waals surface area (Å²) in [5.41, 5.74) is 1.29. The molecule has 0 unspecified atom stereocenters. The summed E-state index contributed by atoms with van der Waals surface area (Å²) >= 11 is 12.2. The molecule has 0 spiro atoms. The molecular formula is C22H19Cl2F3N2O3S. The van der Waals surface area contributed by atoms with Crippen LogP contribution in [-0.4, -0.2) is 19.7 Å². The summed E-state index contributed by atoms with van der Waals surface area (Å²) in [6.07, 6.45) is -2.27. The summed E-state index contributed by atoms with van der Waals surface area (Å²) in [5, 5.41) is 0.619. The highest BCUT2D eigenvalue weighted by atomic mass is 35.5. The van der Waals surface area contributed by atoms with Crippen molar-refractivity contribution in [1.29, 1.82) is 0 Å². The Hall–Kier alpha value is -2.33. The SMILES string of the molecule is CS(=O)(=O)N(Cc1cccc(Cl)c1Cl)c1ccc(COCc2ccc(C(F)(F)F)nc2)cc1. The van der Waals surface area contributed by atoms with Gasteiger partial charge in [0.25, 0.3) is 0 Å². The van der Waals surface area contributed by atoms with Crippen LogP contribution < -0.4 is 4.31 Å². The molecule has 0 fully saturated rings. The number of anilines is 1. The molecule has 0 saturated heterocycles. The zero-order valence-corrected chi connectivity index (χ0v) is 19.6. The number of rotatable bonds is 8. The monoisotopic (exact) mass is 518 g/mol. The Morgan fingerprint density at radius 3 is 2.18 bits per heavy atom. The maximum absolute atomic E-state index is 12.6. The molecule has 0 radical (unpaired) electrons. The van der Waals surface area contributed by atoms with Gasteiger partial charge in [0.2, 0.25) is 10.0 Å². The van der Waals surface area contributed by atoms with Crippen LogP contribution >= 0.6 is 23.2 Å². The van der Waals surface area contributed by atoms with Crippen molar-refractivity contribution in [3.63, 3.8) is 0 Å². The molecule has 2 aromatic carbocycles. The lowest BCUT2D eigenvalue weighted by Crippen LogP contribution is -2.29. The standard InChI is InChI=1S/C22H19Cl2F3N2O3S/c1-33(30,31)29(12-17-3-2-4-19(23)21(17)24)18-8-5-15(6-9-18)13-32-14-16-7-10-20(28-11-16)22(25,26)27/h2-11H,12-14H2,1H3. The van der Waals surface area contributed by atoms with Crippen LogP contribution in [0.15, 0.2) is 60.8 Å². The summed E-state index contributed by atoms with van der Waals surface area (Å²) in [6.45, 7) is 0.269. The Morgan fingerprint density at radius 1 is 0.970 bits per heavy atom. The number of alkyl halides is 3. The van der Waals surface area contributed by atoms with E-state index < -0.39 is 21.9 Å². The van der Waals surface area contributed by atoms with Gasteiger partial charge in [0.05, 0.1) is 41.7 Å². The van der Waals surface area contributed by atoms with Crippen LogP contribution in [0.3, 0.4) is 0 Å². The van der Waals surface area contributed by atoms with Crippen LogP contribution in [0, 0.1) is 0 Å². The molecule has 5 nitrogen and oxygen atoms in total. The first-order valence-electron chi connectivity index (χ1n) is 9.54. The molecule has 3 rings (SSSR count). The summed E-state index contributed by atoms with van der Waals surface area (Å²) in [5.74, 6) is 0. The van der Waals surface area contributed by atoms with Crippen molar-refractivity contribution in [2.24, 2.45) is 0 Å². The van der Waals surface area contributed by atoms with Gasteiger partial charge in [0.1, 0.15) is 5.69 Å². The van der Waals surface area contributed by atoms with Gasteiger partial charge in [-0.05, 0) is 41.0 Å². The molecule has 0 atom stereocenters. The summed E-state index contributed by atoms with van der Waals surface area (Å²) in [4.78, 5) is 3.39. The van der Waals surface area contributed by atoms with Crippen molar-refractivity contribution in [3.8, 4) is 0 Å². The maximum Gasteiger partial charge on any atom is 0.433 e. The zero-order chi connectivity index (χ0) is 24.2. The number of ether oxygens (including phenoxy) is 1. The number of aromatic nitrogens is 1. The molecule has 0 N–H and O–H groups in total. The van der Waals surface area contributed by atoms with Gasteiger partial charge in [-0.1, -0.05) is 53.5 Å². The summed E-state index contributed by atoms with van der Waals surface area (Å²) < 4.78 is 69.2. The lowest BCUT2D eigenvalue weighted by molar-refractivity contribution is -0.141. The van der Waals surface area contributed by atoms with Crippen LogP contribution in [0.25, 0.3) is 0 Å². The Kier molecular flexibility index (Phi) is 7.89. The van der Waals surface area contributed by atoms with Gasteiger partial charge in [-0.25, -0.2) is 8.42 Å². The fourth-order valence-electron chi connectivity index (χ4n) is 2.95. The molecule has 1 heterocycles. The van der Waals surface area contributed by atoms with E-state index in [4.69, 9.17) is 27.9 Å². The van der Waals surface area contributed by atoms with Crippen molar-refractivity contribution in [1.82, 2.24) is 4.98 Å². The lowest BCUT2D eigenvalue weighted by Gasteiger charge is -2.23. The van der Waals surface area contributed by atoms with Crippen LogP contribution in [0.1, 0.15) is 22.4 Å². The minimum absolute atomic E-state index is 0.00892. The molecule has 0 aliphatic rings. The van der Waals surface area contributed by atoms with Crippen LogP contribution in [0.4, 0.5) is 18.9 Å². The molecule has 33 heavy (non-hydrogen) atoms. The molecule has 0 bridgehead atoms. The molecule has 0 amide bonds. The fraction of sp³-hybridized carbons (Fsp3) is 0.227. The van der Waals surface area contributed by atoms with E-state index in [9.17, 15) is 21.6 Å². The van der Waals surface area contributed by atoms with E-state index in [1.165, 1.54) is 10.4 Å². The van der Waals surface area contributed by atoms with Gasteiger partial charge < -0.3 is 4.74 Å². The second-order valence-electron chi connectivity index (χ2n) is 7.19. The third-order valence-electron chi connectivity index (χ3n) is 4.62. The van der Waals surface area contributed by atoms with E-state index >= 15 is 0 Å². The zero-order valence-electron chi connectivity index (χ0n) is 17.3. The quantitative estimate of drug-likeness (QED) is 0.362. The minimum atomic E-state index is -4.49. The lowest BCUT2D eigenvalue weighted by atomic mass is 10.2. The highest BCUT2D eigenvalue weighted by Gasteiger charge is 2.32. The first-order valence-corrected chi connectivity index (χ1v) is 12.1. The average Bonchev–Trinajstić information content (AvgIpc) is 2.74. The van der Waals surface area contributed by atoms with E-state index in [0.717, 1.165) is 24.1 Å². The predicted molar refractivity (Wildman–Crippen MR) is 122 cm³/mol. The van der Waals surface area contributed by atoms with Gasteiger partial charge in [0.15, 0.2) is 0 Å². The normalized spacial score (nSPS) is 12.1. The van der Waals surface area contributed by atoms with Crippen molar-refractivity contribution in [2.75, 3.05) is 10.6 Å². The van der Waals surface area contributed by atoms with Crippen molar-refractivity contribution < 1.29 is 26.3 Å². The Balaban J connectivity index is 1.65. The molecular weight excluding hydrogens is 500 g/mol. The molecule has 1 aromatic heterocycles. The highest BCUT2D eigenvalue weighted by Crippen LogP contribution is 2.30. The van der Waals surface area contributed by atoms with Crippen molar-refractivity contribution >= 4 is 38.9 Å². The Labute approximate surface area is 199 Å². The van der Waals surface area contributed by atoms with Crippen molar-refractivity contribution in [2.45, 2.75) is 25.9 Å². The summed E-state index contributed by atoms with van der Waals surface area (Å²) in [7, 11) is -3.61. The van der Waals surface area contributed by atoms with Crippen LogP contribution in [0.2, 0.25) is 10.0 Å². The molecule has 0 aliphatic heterocycles. The van der Waals surface area contributed by atoms with Crippen LogP contribution in [-0.2, 0) is 40.7 Å². The molecule has 176 valence electrons. The first kappa shape index (κ1) is 25.3. The van der Waals surface area contributed by atoms with Gasteiger partial charge in [0, 0.05) is 6.20 Å². The van der Waals surface area contributed by atoms with E-state index in [1.54, 1.807) is 42.5 Å². The second-order valence-corrected chi connectivity index (χ2v) is 9.88. The molecule has 3 aromatic rings. The highest BCUT2D eigenvalue weighted by molar-refractivity contribution is 7.92. The number of pyridine rings is 1. The van der Waals surface area contributed by atoms with Gasteiger partial charge >= 0.3 is 6.18 Å². The van der Waals surface area contributed by atoms with Crippen LogP contribution in [0.5, 0.6) is 0 Å². The first-order chi connectivity index (χ1) is 15.4. The van der Waals surface area contributed by atoms with E-state index in [0.29, 0.717) is 21.8 Å². The number of hydrogen-bond acceptors (Lipinski definition) is 4. The number of sulfonamides is 1. The number of benzene rings is 2. The van der Waals surface area contributed by atoms with Crippen molar-refractivity contribution in [3.05, 3.63) is 93.2 Å². The topological polar surface area (TPSA) is 59.5 Å². The van der Waals surface area contributed by atoms with Gasteiger partial charge in [-0.15, -0.1) is 0 Å². The fourth-order valence-corrected chi connectivity index (χ4v) is 4.21.